The second-order valence-corrected chi connectivity index (χ2v) is 8.33. The highest BCUT2D eigenvalue weighted by Gasteiger charge is 2.40. The lowest BCUT2D eigenvalue weighted by molar-refractivity contribution is -0.133. The average molecular weight is 354 g/mol. The fourth-order valence-corrected chi connectivity index (χ4v) is 4.88. The summed E-state index contributed by atoms with van der Waals surface area (Å²) >= 11 is 2.85. The van der Waals surface area contributed by atoms with Gasteiger partial charge in [0, 0.05) is 13.6 Å². The molecule has 1 amide bonds. The van der Waals surface area contributed by atoms with Gasteiger partial charge >= 0.3 is 0 Å². The smallest absolute Gasteiger partial charge is 0.236 e. The number of carbonyl (C=O) groups is 1. The van der Waals surface area contributed by atoms with E-state index in [1.165, 1.54) is 23.1 Å². The van der Waals surface area contributed by atoms with Gasteiger partial charge in [0.15, 0.2) is 4.34 Å². The Balaban J connectivity index is 2.01. The van der Waals surface area contributed by atoms with Crippen LogP contribution in [0.15, 0.2) is 4.34 Å². The molecule has 1 saturated carbocycles. The first-order chi connectivity index (χ1) is 11.0. The van der Waals surface area contributed by atoms with Gasteiger partial charge in [-0.3, -0.25) is 4.79 Å². The van der Waals surface area contributed by atoms with Gasteiger partial charge in [0.1, 0.15) is 5.54 Å². The van der Waals surface area contributed by atoms with E-state index < -0.39 is 5.54 Å². The quantitative estimate of drug-likeness (QED) is 0.791. The van der Waals surface area contributed by atoms with Crippen molar-refractivity contribution in [2.75, 3.05) is 18.9 Å². The van der Waals surface area contributed by atoms with Crippen molar-refractivity contribution in [1.82, 2.24) is 15.1 Å². The highest BCUT2D eigenvalue weighted by molar-refractivity contribution is 8.02. The van der Waals surface area contributed by atoms with Crippen molar-refractivity contribution in [2.45, 2.75) is 61.1 Å². The van der Waals surface area contributed by atoms with Gasteiger partial charge in [-0.15, -0.1) is 10.2 Å². The molecule has 1 heterocycles. The Labute approximate surface area is 145 Å². The van der Waals surface area contributed by atoms with E-state index in [2.05, 4.69) is 21.6 Å². The van der Waals surface area contributed by atoms with Gasteiger partial charge < -0.3 is 10.2 Å². The number of nitrogens with zero attached hydrogens (tertiary/aromatic N) is 4. The van der Waals surface area contributed by atoms with Crippen molar-refractivity contribution >= 4 is 34.1 Å². The first kappa shape index (κ1) is 18.0. The van der Waals surface area contributed by atoms with Crippen LogP contribution in [-0.4, -0.2) is 45.4 Å². The monoisotopic (exact) mass is 353 g/mol. The van der Waals surface area contributed by atoms with Gasteiger partial charge in [0.05, 0.1) is 11.3 Å². The summed E-state index contributed by atoms with van der Waals surface area (Å²) < 4.78 is 0.768. The molecule has 6 nitrogen and oxygen atoms in total. The van der Waals surface area contributed by atoms with E-state index in [0.29, 0.717) is 0 Å². The second kappa shape index (κ2) is 7.97. The molecule has 1 atom stereocenters. The number of amides is 1. The summed E-state index contributed by atoms with van der Waals surface area (Å²) in [6.45, 7) is 4.66. The van der Waals surface area contributed by atoms with Crippen molar-refractivity contribution < 1.29 is 4.79 Å². The molecule has 0 spiro atoms. The lowest BCUT2D eigenvalue weighted by Crippen LogP contribution is -2.52. The standard InChI is InChI=1S/C15H23N5OS2/c1-4-17-13-18-19-14(23-13)22-11(2)12(21)20(3)15(10-16)8-6-5-7-9-15/h11H,4-9H2,1-3H3,(H,17,18)/t11-/m0/s1. The van der Waals surface area contributed by atoms with Crippen LogP contribution < -0.4 is 5.32 Å². The van der Waals surface area contributed by atoms with Gasteiger partial charge in [-0.1, -0.05) is 42.4 Å². The summed E-state index contributed by atoms with van der Waals surface area (Å²) in [6, 6.07) is 2.40. The molecule has 0 radical (unpaired) electrons. The normalized spacial score (nSPS) is 18.0. The second-order valence-electron chi connectivity index (χ2n) is 5.76. The van der Waals surface area contributed by atoms with Crippen LogP contribution in [0.3, 0.4) is 0 Å². The number of thioether (sulfide) groups is 1. The highest BCUT2D eigenvalue weighted by atomic mass is 32.2. The number of rotatable bonds is 6. The molecule has 1 aliphatic rings. The van der Waals surface area contributed by atoms with Crippen molar-refractivity contribution in [1.29, 1.82) is 5.26 Å². The van der Waals surface area contributed by atoms with E-state index in [-0.39, 0.29) is 11.2 Å². The molecule has 8 heteroatoms. The minimum atomic E-state index is -0.639. The Morgan fingerprint density at radius 3 is 2.78 bits per heavy atom. The maximum atomic E-state index is 12.7. The molecule has 1 N–H and O–H groups in total. The molecule has 23 heavy (non-hydrogen) atoms. The predicted molar refractivity (Wildman–Crippen MR) is 93.6 cm³/mol. The summed E-state index contributed by atoms with van der Waals surface area (Å²) in [5.41, 5.74) is -0.639. The molecule has 0 bridgehead atoms. The minimum Gasteiger partial charge on any atom is -0.360 e. The molecule has 0 aliphatic heterocycles. The topological polar surface area (TPSA) is 81.9 Å². The van der Waals surface area contributed by atoms with Gasteiger partial charge in [0.2, 0.25) is 11.0 Å². The number of aromatic nitrogens is 2. The molecular formula is C15H23N5OS2. The third-order valence-electron chi connectivity index (χ3n) is 4.22. The average Bonchev–Trinajstić information content (AvgIpc) is 3.01. The van der Waals surface area contributed by atoms with Crippen molar-refractivity contribution in [3.63, 3.8) is 0 Å². The molecule has 0 saturated heterocycles. The van der Waals surface area contributed by atoms with Crippen LogP contribution in [0.1, 0.15) is 46.0 Å². The van der Waals surface area contributed by atoms with Crippen LogP contribution in [0.2, 0.25) is 0 Å². The maximum Gasteiger partial charge on any atom is 0.236 e. The molecular weight excluding hydrogens is 330 g/mol. The van der Waals surface area contributed by atoms with Gasteiger partial charge in [-0.05, 0) is 26.7 Å². The first-order valence-electron chi connectivity index (χ1n) is 7.95. The Morgan fingerprint density at radius 2 is 2.17 bits per heavy atom. The summed E-state index contributed by atoms with van der Waals surface area (Å²) in [5, 5.41) is 21.4. The zero-order chi connectivity index (χ0) is 16.9. The van der Waals surface area contributed by atoms with E-state index in [1.54, 1.807) is 11.9 Å². The van der Waals surface area contributed by atoms with Gasteiger partial charge in [-0.2, -0.15) is 5.26 Å². The van der Waals surface area contributed by atoms with Crippen LogP contribution in [-0.2, 0) is 4.79 Å². The summed E-state index contributed by atoms with van der Waals surface area (Å²) in [6.07, 6.45) is 4.71. The number of anilines is 1. The van der Waals surface area contributed by atoms with Crippen molar-refractivity contribution in [2.24, 2.45) is 0 Å². The lowest BCUT2D eigenvalue weighted by Gasteiger charge is -2.39. The largest absolute Gasteiger partial charge is 0.360 e. The van der Waals surface area contributed by atoms with Crippen LogP contribution >= 0.6 is 23.1 Å². The zero-order valence-corrected chi connectivity index (χ0v) is 15.5. The van der Waals surface area contributed by atoms with Crippen LogP contribution in [0, 0.1) is 11.3 Å². The SMILES string of the molecule is CCNc1nnc(S[C@@H](C)C(=O)N(C)C2(C#N)CCCCC2)s1. The van der Waals surface area contributed by atoms with Crippen LogP contribution in [0.4, 0.5) is 5.13 Å². The van der Waals surface area contributed by atoms with E-state index in [0.717, 1.165) is 48.1 Å². The molecule has 1 fully saturated rings. The number of hydrogen-bond acceptors (Lipinski definition) is 7. The maximum absolute atomic E-state index is 12.7. The summed E-state index contributed by atoms with van der Waals surface area (Å²) in [7, 11) is 1.76. The van der Waals surface area contributed by atoms with Gasteiger partial charge in [-0.25, -0.2) is 0 Å². The van der Waals surface area contributed by atoms with Gasteiger partial charge in [0.25, 0.3) is 0 Å². The number of carbonyl (C=O) groups excluding carboxylic acids is 1. The highest BCUT2D eigenvalue weighted by Crippen LogP contribution is 2.35. The van der Waals surface area contributed by atoms with E-state index in [4.69, 9.17) is 0 Å². The van der Waals surface area contributed by atoms with E-state index in [9.17, 15) is 10.1 Å². The molecule has 126 valence electrons. The summed E-state index contributed by atoms with van der Waals surface area (Å²) in [4.78, 5) is 14.4. The molecule has 1 aliphatic carbocycles. The Bertz CT molecular complexity index is 577. The number of hydrogen-bond donors (Lipinski definition) is 1. The molecule has 1 aromatic heterocycles. The Morgan fingerprint density at radius 1 is 1.48 bits per heavy atom. The summed E-state index contributed by atoms with van der Waals surface area (Å²) in [5.74, 6) is -0.0151. The lowest BCUT2D eigenvalue weighted by atomic mass is 9.81. The van der Waals surface area contributed by atoms with Crippen LogP contribution in [0.5, 0.6) is 0 Å². The fraction of sp³-hybridized carbons (Fsp3) is 0.733. The molecule has 1 aromatic rings. The minimum absolute atomic E-state index is 0.0151. The predicted octanol–water partition coefficient (Wildman–Crippen LogP) is 3.14. The van der Waals surface area contributed by atoms with Crippen LogP contribution in [0.25, 0.3) is 0 Å². The molecule has 2 rings (SSSR count). The number of nitrogens with one attached hydrogen (secondary N) is 1. The Hall–Kier alpha value is -1.33. The number of nitriles is 1. The third-order valence-corrected chi connectivity index (χ3v) is 6.27. The molecule has 0 aromatic carbocycles. The molecule has 0 unspecified atom stereocenters. The Kier molecular flexibility index (Phi) is 6.25. The fourth-order valence-electron chi connectivity index (χ4n) is 2.82. The zero-order valence-electron chi connectivity index (χ0n) is 13.8. The third kappa shape index (κ3) is 4.15. The van der Waals surface area contributed by atoms with Crippen molar-refractivity contribution in [3.05, 3.63) is 0 Å². The van der Waals surface area contributed by atoms with E-state index in [1.807, 2.05) is 13.8 Å². The van der Waals surface area contributed by atoms with Crippen molar-refractivity contribution in [3.8, 4) is 6.07 Å². The van der Waals surface area contributed by atoms with E-state index >= 15 is 0 Å². The first-order valence-corrected chi connectivity index (χ1v) is 9.65.